The number of hydrogen-bond donors (Lipinski definition) is 1. The average molecular weight is 457 g/mol. The van der Waals surface area contributed by atoms with Crippen LogP contribution in [0.15, 0.2) is 22.8 Å². The first-order valence-electron chi connectivity index (χ1n) is 9.41. The molecule has 7 heteroatoms. The smallest absolute Gasteiger partial charge is 0.258 e. The maximum Gasteiger partial charge on any atom is 0.258 e. The summed E-state index contributed by atoms with van der Waals surface area (Å²) in [5.74, 6) is 1.81. The van der Waals surface area contributed by atoms with Gasteiger partial charge in [-0.2, -0.15) is 0 Å². The zero-order valence-electron chi connectivity index (χ0n) is 16.1. The molecule has 148 valence electrons. The third-order valence-electron chi connectivity index (χ3n) is 4.05. The summed E-state index contributed by atoms with van der Waals surface area (Å²) < 4.78 is 11.9. The zero-order valence-corrected chi connectivity index (χ0v) is 18.5. The van der Waals surface area contributed by atoms with Crippen molar-refractivity contribution in [2.24, 2.45) is 0 Å². The molecule has 0 saturated heterocycles. The Bertz CT molecular complexity index is 743. The molecule has 0 unspecified atom stereocenters. The van der Waals surface area contributed by atoms with Gasteiger partial charge in [-0.15, -0.1) is 0 Å². The van der Waals surface area contributed by atoms with Gasteiger partial charge in [-0.05, 0) is 47.5 Å². The van der Waals surface area contributed by atoms with E-state index in [-0.39, 0.29) is 0 Å². The van der Waals surface area contributed by atoms with Gasteiger partial charge in [0.1, 0.15) is 16.0 Å². The van der Waals surface area contributed by atoms with Gasteiger partial charge in [0.05, 0.1) is 18.2 Å². The quantitative estimate of drug-likeness (QED) is 0.399. The standard InChI is InChI=1S/C20H27BrClN3O2/c1-4-6-7-8-9-12-27-20-19(23-3)24-17(18(21)25-20)15-11-10-14(26-5-2)13-16(15)22/h10-11,13H,4-9,12H2,1-3H3,(H,23,24). The second kappa shape index (κ2) is 11.3. The predicted octanol–water partition coefficient (Wildman–Crippen LogP) is 6.35. The first kappa shape index (κ1) is 21.8. The van der Waals surface area contributed by atoms with Crippen molar-refractivity contribution in [3.05, 3.63) is 27.8 Å². The van der Waals surface area contributed by atoms with Crippen molar-refractivity contribution >= 4 is 33.3 Å². The molecule has 0 radical (unpaired) electrons. The zero-order chi connectivity index (χ0) is 19.6. The monoisotopic (exact) mass is 455 g/mol. The molecule has 5 nitrogen and oxygen atoms in total. The van der Waals surface area contributed by atoms with Crippen molar-refractivity contribution in [2.45, 2.75) is 46.0 Å². The first-order valence-corrected chi connectivity index (χ1v) is 10.6. The second-order valence-electron chi connectivity index (χ2n) is 6.10. The molecule has 2 aromatic rings. The van der Waals surface area contributed by atoms with Crippen molar-refractivity contribution in [1.29, 1.82) is 0 Å². The molecule has 27 heavy (non-hydrogen) atoms. The van der Waals surface area contributed by atoms with Crippen LogP contribution >= 0.6 is 27.5 Å². The van der Waals surface area contributed by atoms with Crippen LogP contribution in [0.1, 0.15) is 46.0 Å². The predicted molar refractivity (Wildman–Crippen MR) is 115 cm³/mol. The maximum atomic E-state index is 6.43. The molecule has 0 atom stereocenters. The van der Waals surface area contributed by atoms with E-state index in [0.717, 1.165) is 24.2 Å². The lowest BCUT2D eigenvalue weighted by Gasteiger charge is -2.14. The minimum Gasteiger partial charge on any atom is -0.494 e. The molecule has 0 bridgehead atoms. The minimum atomic E-state index is 0.491. The van der Waals surface area contributed by atoms with E-state index >= 15 is 0 Å². The molecule has 1 heterocycles. The third kappa shape index (κ3) is 6.25. The topological polar surface area (TPSA) is 56.3 Å². The van der Waals surface area contributed by atoms with Crippen molar-refractivity contribution in [2.75, 3.05) is 25.6 Å². The molecule has 2 rings (SSSR count). The molecule has 0 aliphatic rings. The molecular weight excluding hydrogens is 430 g/mol. The van der Waals surface area contributed by atoms with E-state index < -0.39 is 0 Å². The Morgan fingerprint density at radius 3 is 2.52 bits per heavy atom. The second-order valence-corrected chi connectivity index (χ2v) is 7.26. The number of nitrogens with zero attached hydrogens (tertiary/aromatic N) is 2. The fraction of sp³-hybridized carbons (Fsp3) is 0.500. The Morgan fingerprint density at radius 1 is 1.07 bits per heavy atom. The fourth-order valence-electron chi connectivity index (χ4n) is 2.65. The number of rotatable bonds is 11. The van der Waals surface area contributed by atoms with Crippen LogP contribution in [0.5, 0.6) is 11.6 Å². The first-order chi connectivity index (χ1) is 13.1. The normalized spacial score (nSPS) is 10.7. The molecule has 1 aromatic heterocycles. The Hall–Kier alpha value is -1.53. The van der Waals surface area contributed by atoms with Crippen LogP contribution in [0.3, 0.4) is 0 Å². The molecule has 0 aliphatic heterocycles. The van der Waals surface area contributed by atoms with Gasteiger partial charge in [0, 0.05) is 12.6 Å². The summed E-state index contributed by atoms with van der Waals surface area (Å²) in [5, 5.41) is 3.62. The maximum absolute atomic E-state index is 6.43. The van der Waals surface area contributed by atoms with Crippen molar-refractivity contribution in [3.8, 4) is 22.9 Å². The summed E-state index contributed by atoms with van der Waals surface area (Å²) in [6.45, 7) is 5.36. The number of halogens is 2. The molecule has 0 fully saturated rings. The van der Waals surface area contributed by atoms with Gasteiger partial charge < -0.3 is 14.8 Å². The Morgan fingerprint density at radius 2 is 1.85 bits per heavy atom. The highest BCUT2D eigenvalue weighted by Gasteiger charge is 2.16. The molecule has 0 amide bonds. The highest BCUT2D eigenvalue weighted by Crippen LogP contribution is 2.36. The van der Waals surface area contributed by atoms with E-state index in [1.807, 2.05) is 19.1 Å². The van der Waals surface area contributed by atoms with Crippen LogP contribution in [0, 0.1) is 0 Å². The van der Waals surface area contributed by atoms with Gasteiger partial charge >= 0.3 is 0 Å². The van der Waals surface area contributed by atoms with Crippen LogP contribution in [-0.2, 0) is 0 Å². The van der Waals surface area contributed by atoms with Crippen LogP contribution in [0.25, 0.3) is 11.3 Å². The highest BCUT2D eigenvalue weighted by molar-refractivity contribution is 9.10. The van der Waals surface area contributed by atoms with Gasteiger partial charge in [0.2, 0.25) is 0 Å². The Labute approximate surface area is 175 Å². The summed E-state index contributed by atoms with van der Waals surface area (Å²) in [6.07, 6.45) is 5.92. The lowest BCUT2D eigenvalue weighted by molar-refractivity contribution is 0.293. The van der Waals surface area contributed by atoms with Crippen LogP contribution in [0.2, 0.25) is 5.02 Å². The Kier molecular flexibility index (Phi) is 9.15. The van der Waals surface area contributed by atoms with E-state index in [1.165, 1.54) is 19.3 Å². The SMILES string of the molecule is CCCCCCCOc1nc(Br)c(-c2ccc(OCC)cc2Cl)nc1NC. The van der Waals surface area contributed by atoms with Crippen LogP contribution in [0.4, 0.5) is 5.82 Å². The lowest BCUT2D eigenvalue weighted by atomic mass is 10.1. The number of benzene rings is 1. The van der Waals surface area contributed by atoms with E-state index in [4.69, 9.17) is 21.1 Å². The van der Waals surface area contributed by atoms with E-state index in [1.54, 1.807) is 13.1 Å². The van der Waals surface area contributed by atoms with Gasteiger partial charge in [-0.3, -0.25) is 0 Å². The number of aromatic nitrogens is 2. The van der Waals surface area contributed by atoms with Gasteiger partial charge in [0.15, 0.2) is 5.82 Å². The minimum absolute atomic E-state index is 0.491. The van der Waals surface area contributed by atoms with Gasteiger partial charge in [-0.25, -0.2) is 9.97 Å². The summed E-state index contributed by atoms with van der Waals surface area (Å²) in [6, 6.07) is 5.54. The molecule has 1 N–H and O–H groups in total. The van der Waals surface area contributed by atoms with Crippen molar-refractivity contribution in [1.82, 2.24) is 9.97 Å². The van der Waals surface area contributed by atoms with E-state index in [0.29, 0.717) is 40.2 Å². The third-order valence-corrected chi connectivity index (χ3v) is 4.92. The molecule has 0 spiro atoms. The lowest BCUT2D eigenvalue weighted by Crippen LogP contribution is -2.06. The highest BCUT2D eigenvalue weighted by atomic mass is 79.9. The average Bonchev–Trinajstić information content (AvgIpc) is 2.65. The van der Waals surface area contributed by atoms with Crippen LogP contribution in [-0.4, -0.2) is 30.2 Å². The number of ether oxygens (including phenoxy) is 2. The van der Waals surface area contributed by atoms with E-state index in [9.17, 15) is 0 Å². The van der Waals surface area contributed by atoms with Crippen molar-refractivity contribution in [3.63, 3.8) is 0 Å². The molecule has 0 saturated carbocycles. The van der Waals surface area contributed by atoms with Gasteiger partial charge in [0.25, 0.3) is 5.88 Å². The number of hydrogen-bond acceptors (Lipinski definition) is 5. The Balaban J connectivity index is 2.15. The number of unbranched alkanes of at least 4 members (excludes halogenated alkanes) is 4. The van der Waals surface area contributed by atoms with Gasteiger partial charge in [-0.1, -0.05) is 44.2 Å². The summed E-state index contributed by atoms with van der Waals surface area (Å²) in [5.41, 5.74) is 1.44. The number of nitrogens with one attached hydrogen (secondary N) is 1. The van der Waals surface area contributed by atoms with Crippen molar-refractivity contribution < 1.29 is 9.47 Å². The van der Waals surface area contributed by atoms with Crippen LogP contribution < -0.4 is 14.8 Å². The molecule has 1 aromatic carbocycles. The summed E-state index contributed by atoms with van der Waals surface area (Å²) in [7, 11) is 1.80. The largest absolute Gasteiger partial charge is 0.494 e. The molecule has 0 aliphatic carbocycles. The number of anilines is 1. The fourth-order valence-corrected chi connectivity index (χ4v) is 3.38. The summed E-state index contributed by atoms with van der Waals surface area (Å²) in [4.78, 5) is 9.19. The molecular formula is C20H27BrClN3O2. The summed E-state index contributed by atoms with van der Waals surface area (Å²) >= 11 is 9.93. The van der Waals surface area contributed by atoms with E-state index in [2.05, 4.69) is 38.1 Å².